The van der Waals surface area contributed by atoms with Gasteiger partial charge >= 0.3 is 0 Å². The van der Waals surface area contributed by atoms with Crippen molar-refractivity contribution in [2.45, 2.75) is 31.1 Å². The number of fused-ring (bicyclic) bond motifs is 2. The van der Waals surface area contributed by atoms with Crippen LogP contribution in [0.1, 0.15) is 26.2 Å². The summed E-state index contributed by atoms with van der Waals surface area (Å²) in [6.45, 7) is 6.30. The first-order chi connectivity index (χ1) is 5.53. The highest BCUT2D eigenvalue weighted by atomic mass is 35.5. The monoisotopic (exact) mass is 204 g/mol. The molecule has 2 heteroatoms. The zero-order chi connectivity index (χ0) is 8.98. The smallest absolute Gasteiger partial charge is 0.0554 e. The summed E-state index contributed by atoms with van der Waals surface area (Å²) in [5.41, 5.74) is 1.28. The molecule has 0 spiro atoms. The molecule has 3 atom stereocenters. The van der Waals surface area contributed by atoms with Gasteiger partial charge in [0.05, 0.1) is 4.87 Å². The van der Waals surface area contributed by atoms with Crippen LogP contribution in [0.2, 0.25) is 0 Å². The summed E-state index contributed by atoms with van der Waals surface area (Å²) in [7, 11) is 0. The Labute approximate surface area is 83.9 Å². The van der Waals surface area contributed by atoms with Crippen LogP contribution in [0.25, 0.3) is 0 Å². The van der Waals surface area contributed by atoms with Crippen molar-refractivity contribution in [3.05, 3.63) is 12.2 Å². The zero-order valence-corrected chi connectivity index (χ0v) is 8.88. The fourth-order valence-corrected chi connectivity index (χ4v) is 3.72. The predicted octanol–water partition coefficient (Wildman–Crippen LogP) is 3.58. The van der Waals surface area contributed by atoms with Crippen LogP contribution >= 0.6 is 23.2 Å². The lowest BCUT2D eigenvalue weighted by Crippen LogP contribution is -2.39. The van der Waals surface area contributed by atoms with E-state index in [1.807, 2.05) is 0 Å². The van der Waals surface area contributed by atoms with Crippen LogP contribution in [0.4, 0.5) is 0 Å². The number of halogens is 2. The third-order valence-corrected chi connectivity index (χ3v) is 5.21. The Morgan fingerprint density at radius 2 is 2.33 bits per heavy atom. The van der Waals surface area contributed by atoms with Crippen LogP contribution in [0.5, 0.6) is 0 Å². The molecule has 12 heavy (non-hydrogen) atoms. The number of alkyl halides is 2. The van der Waals surface area contributed by atoms with Gasteiger partial charge in [0.2, 0.25) is 0 Å². The molecule has 2 aliphatic rings. The molecule has 2 aliphatic carbocycles. The van der Waals surface area contributed by atoms with Gasteiger partial charge in [-0.05, 0) is 25.2 Å². The minimum absolute atomic E-state index is 0.0149. The van der Waals surface area contributed by atoms with Gasteiger partial charge in [-0.25, -0.2) is 0 Å². The molecule has 0 nitrogen and oxygen atoms in total. The van der Waals surface area contributed by atoms with Gasteiger partial charge in [-0.2, -0.15) is 0 Å². The van der Waals surface area contributed by atoms with Gasteiger partial charge in [-0.3, -0.25) is 0 Å². The second kappa shape index (κ2) is 2.42. The first kappa shape index (κ1) is 8.90. The fraction of sp³-hybridized carbons (Fsp3) is 0.800. The SMILES string of the molecule is C=C1C2CCC(Cl)(C2)C1(C)CCl. The standard InChI is InChI=1S/C10H14Cl2/c1-7-8-3-4-10(12,5-8)9(7,2)6-11/h8H,1,3-6H2,2H3. The second-order valence-electron chi connectivity index (χ2n) is 4.40. The van der Waals surface area contributed by atoms with E-state index in [-0.39, 0.29) is 10.3 Å². The average Bonchev–Trinajstić information content (AvgIpc) is 2.52. The number of hydrogen-bond donors (Lipinski definition) is 0. The molecule has 0 N–H and O–H groups in total. The molecule has 2 fully saturated rings. The van der Waals surface area contributed by atoms with Crippen molar-refractivity contribution in [1.29, 1.82) is 0 Å². The van der Waals surface area contributed by atoms with Crippen molar-refractivity contribution in [1.82, 2.24) is 0 Å². The second-order valence-corrected chi connectivity index (χ2v) is 5.39. The highest BCUT2D eigenvalue weighted by Gasteiger charge is 2.60. The Morgan fingerprint density at radius 1 is 1.67 bits per heavy atom. The van der Waals surface area contributed by atoms with Gasteiger partial charge in [-0.1, -0.05) is 19.1 Å². The predicted molar refractivity (Wildman–Crippen MR) is 53.9 cm³/mol. The van der Waals surface area contributed by atoms with Gasteiger partial charge in [-0.15, -0.1) is 23.2 Å². The molecule has 3 unspecified atom stereocenters. The molecule has 2 saturated carbocycles. The topological polar surface area (TPSA) is 0 Å². The van der Waals surface area contributed by atoms with E-state index in [1.54, 1.807) is 0 Å². The van der Waals surface area contributed by atoms with Crippen molar-refractivity contribution in [2.75, 3.05) is 5.88 Å². The minimum atomic E-state index is -0.0729. The van der Waals surface area contributed by atoms with E-state index in [0.717, 1.165) is 12.8 Å². The summed E-state index contributed by atoms with van der Waals surface area (Å²) >= 11 is 12.5. The van der Waals surface area contributed by atoms with Gasteiger partial charge in [0.1, 0.15) is 0 Å². The summed E-state index contributed by atoms with van der Waals surface area (Å²) in [5.74, 6) is 1.26. The Bertz CT molecular complexity index is 236. The zero-order valence-electron chi connectivity index (χ0n) is 7.37. The molecule has 0 aliphatic heterocycles. The first-order valence-corrected chi connectivity index (χ1v) is 5.39. The molecule has 0 heterocycles. The van der Waals surface area contributed by atoms with E-state index < -0.39 is 0 Å². The van der Waals surface area contributed by atoms with E-state index in [1.165, 1.54) is 12.0 Å². The first-order valence-electron chi connectivity index (χ1n) is 4.48. The fourth-order valence-electron chi connectivity index (χ4n) is 2.74. The van der Waals surface area contributed by atoms with Crippen LogP contribution in [0.3, 0.4) is 0 Å². The molecule has 0 aromatic rings. The maximum absolute atomic E-state index is 6.55. The van der Waals surface area contributed by atoms with E-state index >= 15 is 0 Å². The van der Waals surface area contributed by atoms with Crippen LogP contribution in [0.15, 0.2) is 12.2 Å². The van der Waals surface area contributed by atoms with Crippen LogP contribution < -0.4 is 0 Å². The van der Waals surface area contributed by atoms with Gasteiger partial charge in [0.25, 0.3) is 0 Å². The van der Waals surface area contributed by atoms with E-state index in [4.69, 9.17) is 23.2 Å². The van der Waals surface area contributed by atoms with Crippen molar-refractivity contribution < 1.29 is 0 Å². The largest absolute Gasteiger partial charge is 0.126 e. The molecule has 0 aromatic carbocycles. The summed E-state index contributed by atoms with van der Waals surface area (Å²) in [6, 6.07) is 0. The lowest BCUT2D eigenvalue weighted by Gasteiger charge is -2.40. The highest BCUT2D eigenvalue weighted by molar-refractivity contribution is 6.27. The summed E-state index contributed by atoms with van der Waals surface area (Å²) in [5, 5.41) is 0. The molecule has 0 saturated heterocycles. The minimum Gasteiger partial charge on any atom is -0.126 e. The Balaban J connectivity index is 2.41. The maximum Gasteiger partial charge on any atom is 0.0554 e. The van der Waals surface area contributed by atoms with Crippen molar-refractivity contribution >= 4 is 23.2 Å². The number of rotatable bonds is 1. The van der Waals surface area contributed by atoms with Crippen LogP contribution in [-0.4, -0.2) is 10.8 Å². The number of hydrogen-bond acceptors (Lipinski definition) is 0. The summed E-state index contributed by atoms with van der Waals surface area (Å²) in [6.07, 6.45) is 3.42. The lowest BCUT2D eigenvalue weighted by atomic mass is 9.73. The van der Waals surface area contributed by atoms with Gasteiger partial charge in [0, 0.05) is 11.3 Å². The van der Waals surface area contributed by atoms with Gasteiger partial charge in [0.15, 0.2) is 0 Å². The third kappa shape index (κ3) is 0.807. The molecule has 2 rings (SSSR count). The summed E-state index contributed by atoms with van der Waals surface area (Å²) < 4.78 is 0. The normalized spacial score (nSPS) is 51.9. The summed E-state index contributed by atoms with van der Waals surface area (Å²) in [4.78, 5) is -0.0729. The maximum atomic E-state index is 6.55. The molecular weight excluding hydrogens is 191 g/mol. The Morgan fingerprint density at radius 3 is 2.67 bits per heavy atom. The van der Waals surface area contributed by atoms with Crippen molar-refractivity contribution in [3.8, 4) is 0 Å². The molecular formula is C10H14Cl2. The Hall–Kier alpha value is 0.320. The lowest BCUT2D eigenvalue weighted by molar-refractivity contribution is 0.323. The average molecular weight is 205 g/mol. The van der Waals surface area contributed by atoms with Crippen LogP contribution in [0, 0.1) is 11.3 Å². The van der Waals surface area contributed by atoms with Crippen molar-refractivity contribution in [3.63, 3.8) is 0 Å². The van der Waals surface area contributed by atoms with E-state index in [9.17, 15) is 0 Å². The molecule has 68 valence electrons. The highest BCUT2D eigenvalue weighted by Crippen LogP contribution is 2.64. The molecule has 0 radical (unpaired) electrons. The Kier molecular flexibility index (Phi) is 1.79. The third-order valence-electron chi connectivity index (χ3n) is 3.92. The number of allylic oxidation sites excluding steroid dienone is 1. The molecule has 0 amide bonds. The van der Waals surface area contributed by atoms with Crippen molar-refractivity contribution in [2.24, 2.45) is 11.3 Å². The van der Waals surface area contributed by atoms with Gasteiger partial charge < -0.3 is 0 Å². The quantitative estimate of drug-likeness (QED) is 0.453. The van der Waals surface area contributed by atoms with Crippen LogP contribution in [-0.2, 0) is 0 Å². The van der Waals surface area contributed by atoms with E-state index in [2.05, 4.69) is 13.5 Å². The molecule has 2 bridgehead atoms. The van der Waals surface area contributed by atoms with E-state index in [0.29, 0.717) is 11.8 Å². The molecule has 0 aromatic heterocycles.